The van der Waals surface area contributed by atoms with Crippen molar-refractivity contribution in [1.29, 1.82) is 0 Å². The fraction of sp³-hybridized carbons (Fsp3) is 0.667. The van der Waals surface area contributed by atoms with Crippen LogP contribution in [0.25, 0.3) is 0 Å². The number of ether oxygens (including phenoxy) is 1. The normalized spacial score (nSPS) is 19.8. The van der Waals surface area contributed by atoms with Crippen LogP contribution in [0.5, 0.6) is 5.75 Å². The quantitative estimate of drug-likeness (QED) is 0.861. The molecule has 1 amide bonds. The van der Waals surface area contributed by atoms with Crippen molar-refractivity contribution in [2.24, 2.45) is 11.8 Å². The second-order valence-corrected chi connectivity index (χ2v) is 7.61. The summed E-state index contributed by atoms with van der Waals surface area (Å²) >= 11 is 0. The van der Waals surface area contributed by atoms with Crippen LogP contribution in [0.3, 0.4) is 0 Å². The van der Waals surface area contributed by atoms with Crippen molar-refractivity contribution in [1.82, 2.24) is 10.2 Å². The van der Waals surface area contributed by atoms with E-state index in [0.717, 1.165) is 70.0 Å². The van der Waals surface area contributed by atoms with Gasteiger partial charge in [-0.25, -0.2) is 0 Å². The fourth-order valence-corrected chi connectivity index (χ4v) is 4.14. The Morgan fingerprint density at radius 2 is 1.76 bits per heavy atom. The number of piperidine rings is 2. The Labute approximate surface area is 151 Å². The van der Waals surface area contributed by atoms with Gasteiger partial charge in [0.15, 0.2) is 0 Å². The highest BCUT2D eigenvalue weighted by Gasteiger charge is 2.23. The first-order chi connectivity index (χ1) is 12.2. The van der Waals surface area contributed by atoms with Crippen molar-refractivity contribution < 1.29 is 9.53 Å². The van der Waals surface area contributed by atoms with Crippen molar-refractivity contribution in [3.05, 3.63) is 29.8 Å². The first-order valence-corrected chi connectivity index (χ1v) is 9.86. The average Bonchev–Trinajstić information content (AvgIpc) is 2.68. The molecule has 1 aromatic rings. The van der Waals surface area contributed by atoms with Gasteiger partial charge in [0.2, 0.25) is 5.91 Å². The standard InChI is InChI=1S/C21H32N2O2/c1-25-20-5-2-18(3-6-20)16-19-10-14-23(15-11-19)21(24)7-4-17-8-12-22-13-9-17/h2-3,5-6,17,19,22H,4,7-16H2,1H3. The molecule has 25 heavy (non-hydrogen) atoms. The Kier molecular flexibility index (Phi) is 6.74. The number of methoxy groups -OCH3 is 1. The second kappa shape index (κ2) is 9.23. The van der Waals surface area contributed by atoms with Crippen LogP contribution in [0.1, 0.15) is 44.1 Å². The van der Waals surface area contributed by atoms with Gasteiger partial charge in [0.25, 0.3) is 0 Å². The summed E-state index contributed by atoms with van der Waals surface area (Å²) < 4.78 is 5.22. The van der Waals surface area contributed by atoms with Gasteiger partial charge in [0.05, 0.1) is 7.11 Å². The van der Waals surface area contributed by atoms with Crippen LogP contribution in [0, 0.1) is 11.8 Å². The molecule has 2 heterocycles. The Morgan fingerprint density at radius 3 is 2.40 bits per heavy atom. The maximum atomic E-state index is 12.5. The highest BCUT2D eigenvalue weighted by molar-refractivity contribution is 5.76. The molecule has 2 fully saturated rings. The van der Waals surface area contributed by atoms with E-state index in [1.165, 1.54) is 18.4 Å². The lowest BCUT2D eigenvalue weighted by molar-refractivity contribution is -0.132. The van der Waals surface area contributed by atoms with E-state index < -0.39 is 0 Å². The summed E-state index contributed by atoms with van der Waals surface area (Å²) in [4.78, 5) is 14.6. The Balaban J connectivity index is 1.37. The van der Waals surface area contributed by atoms with Gasteiger partial charge in [-0.05, 0) is 81.1 Å². The fourth-order valence-electron chi connectivity index (χ4n) is 4.14. The molecule has 1 aromatic carbocycles. The maximum absolute atomic E-state index is 12.5. The number of hydrogen-bond donors (Lipinski definition) is 1. The molecule has 1 N–H and O–H groups in total. The molecule has 3 rings (SSSR count). The van der Waals surface area contributed by atoms with Gasteiger partial charge >= 0.3 is 0 Å². The van der Waals surface area contributed by atoms with E-state index in [1.807, 2.05) is 12.1 Å². The van der Waals surface area contributed by atoms with Crippen molar-refractivity contribution in [3.8, 4) is 5.75 Å². The number of carbonyl (C=O) groups excluding carboxylic acids is 1. The topological polar surface area (TPSA) is 41.6 Å². The minimum absolute atomic E-state index is 0.376. The van der Waals surface area contributed by atoms with Crippen LogP contribution < -0.4 is 10.1 Å². The molecule has 4 heteroatoms. The lowest BCUT2D eigenvalue weighted by Crippen LogP contribution is -2.39. The number of nitrogens with zero attached hydrogens (tertiary/aromatic N) is 1. The van der Waals surface area contributed by atoms with E-state index in [9.17, 15) is 4.79 Å². The summed E-state index contributed by atoms with van der Waals surface area (Å²) in [6.07, 6.45) is 7.66. The van der Waals surface area contributed by atoms with Crippen molar-refractivity contribution in [3.63, 3.8) is 0 Å². The highest BCUT2D eigenvalue weighted by Crippen LogP contribution is 2.24. The number of amides is 1. The molecule has 138 valence electrons. The second-order valence-electron chi connectivity index (χ2n) is 7.61. The first-order valence-electron chi connectivity index (χ1n) is 9.86. The number of nitrogens with one attached hydrogen (secondary N) is 1. The molecule has 0 aliphatic carbocycles. The summed E-state index contributed by atoms with van der Waals surface area (Å²) in [7, 11) is 1.70. The van der Waals surface area contributed by atoms with E-state index >= 15 is 0 Å². The van der Waals surface area contributed by atoms with Crippen LogP contribution in [0.4, 0.5) is 0 Å². The van der Waals surface area contributed by atoms with Gasteiger partial charge in [-0.15, -0.1) is 0 Å². The molecular weight excluding hydrogens is 312 g/mol. The number of likely N-dealkylation sites (tertiary alicyclic amines) is 1. The summed E-state index contributed by atoms with van der Waals surface area (Å²) in [5, 5.41) is 3.39. The molecule has 2 aliphatic rings. The van der Waals surface area contributed by atoms with Gasteiger partial charge in [-0.1, -0.05) is 12.1 Å². The average molecular weight is 344 g/mol. The molecule has 0 bridgehead atoms. The summed E-state index contributed by atoms with van der Waals surface area (Å²) in [5.41, 5.74) is 1.37. The predicted octanol–water partition coefficient (Wildman–Crippen LogP) is 3.26. The van der Waals surface area contributed by atoms with E-state index in [0.29, 0.717) is 11.8 Å². The van der Waals surface area contributed by atoms with Gasteiger partial charge in [-0.3, -0.25) is 4.79 Å². The summed E-state index contributed by atoms with van der Waals surface area (Å²) in [5.74, 6) is 2.74. The van der Waals surface area contributed by atoms with E-state index in [-0.39, 0.29) is 0 Å². The van der Waals surface area contributed by atoms with Crippen LogP contribution in [-0.2, 0) is 11.2 Å². The largest absolute Gasteiger partial charge is 0.497 e. The molecule has 0 unspecified atom stereocenters. The Morgan fingerprint density at radius 1 is 1.08 bits per heavy atom. The number of benzene rings is 1. The van der Waals surface area contributed by atoms with E-state index in [4.69, 9.17) is 4.74 Å². The number of hydrogen-bond acceptors (Lipinski definition) is 3. The van der Waals surface area contributed by atoms with Crippen LogP contribution in [0.2, 0.25) is 0 Å². The molecule has 0 aromatic heterocycles. The third-order valence-electron chi connectivity index (χ3n) is 5.88. The molecular formula is C21H32N2O2. The molecule has 0 radical (unpaired) electrons. The minimum atomic E-state index is 0.376. The Hall–Kier alpha value is -1.55. The molecule has 4 nitrogen and oxygen atoms in total. The van der Waals surface area contributed by atoms with Crippen molar-refractivity contribution >= 4 is 5.91 Å². The third-order valence-corrected chi connectivity index (χ3v) is 5.88. The third kappa shape index (κ3) is 5.46. The maximum Gasteiger partial charge on any atom is 0.222 e. The van der Waals surface area contributed by atoms with E-state index in [2.05, 4.69) is 22.3 Å². The smallest absolute Gasteiger partial charge is 0.222 e. The van der Waals surface area contributed by atoms with Gasteiger partial charge in [0, 0.05) is 19.5 Å². The van der Waals surface area contributed by atoms with Crippen LogP contribution >= 0.6 is 0 Å². The minimum Gasteiger partial charge on any atom is -0.497 e. The van der Waals surface area contributed by atoms with E-state index in [1.54, 1.807) is 7.11 Å². The zero-order valence-corrected chi connectivity index (χ0v) is 15.5. The summed E-state index contributed by atoms with van der Waals surface area (Å²) in [6, 6.07) is 8.40. The molecule has 0 atom stereocenters. The molecule has 2 aliphatic heterocycles. The number of rotatable bonds is 6. The molecule has 0 spiro atoms. The lowest BCUT2D eigenvalue weighted by Gasteiger charge is -2.32. The van der Waals surface area contributed by atoms with Crippen LogP contribution in [-0.4, -0.2) is 44.1 Å². The predicted molar refractivity (Wildman–Crippen MR) is 101 cm³/mol. The highest BCUT2D eigenvalue weighted by atomic mass is 16.5. The van der Waals surface area contributed by atoms with Gasteiger partial charge in [-0.2, -0.15) is 0 Å². The molecule has 0 saturated carbocycles. The summed E-state index contributed by atoms with van der Waals surface area (Å²) in [6.45, 7) is 4.11. The first kappa shape index (κ1) is 18.2. The lowest BCUT2D eigenvalue weighted by atomic mass is 9.89. The van der Waals surface area contributed by atoms with Crippen LogP contribution in [0.15, 0.2) is 24.3 Å². The Bertz CT molecular complexity index is 529. The van der Waals surface area contributed by atoms with Gasteiger partial charge < -0.3 is 15.0 Å². The van der Waals surface area contributed by atoms with Crippen molar-refractivity contribution in [2.45, 2.75) is 44.9 Å². The zero-order chi connectivity index (χ0) is 17.5. The SMILES string of the molecule is COc1ccc(CC2CCN(C(=O)CCC3CCNCC3)CC2)cc1. The zero-order valence-electron chi connectivity index (χ0n) is 15.5. The number of carbonyl (C=O) groups is 1. The molecule has 2 saturated heterocycles. The van der Waals surface area contributed by atoms with Crippen molar-refractivity contribution in [2.75, 3.05) is 33.3 Å². The monoisotopic (exact) mass is 344 g/mol. The van der Waals surface area contributed by atoms with Gasteiger partial charge in [0.1, 0.15) is 5.75 Å².